The summed E-state index contributed by atoms with van der Waals surface area (Å²) in [5, 5.41) is 3.46. The molecule has 0 bridgehead atoms. The number of hydrogen-bond donors (Lipinski definition) is 1. The zero-order valence-corrected chi connectivity index (χ0v) is 11.6. The Morgan fingerprint density at radius 1 is 1.00 bits per heavy atom. The third kappa shape index (κ3) is 4.81. The minimum atomic E-state index is 0.393. The maximum absolute atomic E-state index is 3.46. The Morgan fingerprint density at radius 3 is 2.06 bits per heavy atom. The van der Waals surface area contributed by atoms with E-state index in [1.165, 1.54) is 39.3 Å². The van der Waals surface area contributed by atoms with Gasteiger partial charge in [0.1, 0.15) is 0 Å². The van der Waals surface area contributed by atoms with Crippen LogP contribution in [0.5, 0.6) is 0 Å². The number of nitrogens with zero attached hydrogens (tertiary/aromatic N) is 2. The van der Waals surface area contributed by atoms with Crippen LogP contribution in [0.3, 0.4) is 0 Å². The topological polar surface area (TPSA) is 18.5 Å². The first kappa shape index (κ1) is 13.9. The van der Waals surface area contributed by atoms with Gasteiger partial charge < -0.3 is 15.1 Å². The molecule has 0 radical (unpaired) electrons. The molecule has 1 rings (SSSR count). The lowest BCUT2D eigenvalue weighted by Gasteiger charge is -2.38. The highest BCUT2D eigenvalue weighted by molar-refractivity contribution is 4.79. The van der Waals surface area contributed by atoms with Crippen LogP contribution in [0.25, 0.3) is 0 Å². The van der Waals surface area contributed by atoms with E-state index in [2.05, 4.69) is 42.8 Å². The Morgan fingerprint density at radius 2 is 1.56 bits per heavy atom. The van der Waals surface area contributed by atoms with E-state index >= 15 is 0 Å². The average Bonchev–Trinajstić information content (AvgIpc) is 2.27. The molecule has 0 aromatic rings. The monoisotopic (exact) mass is 227 g/mol. The molecule has 16 heavy (non-hydrogen) atoms. The molecule has 96 valence electrons. The van der Waals surface area contributed by atoms with E-state index in [0.717, 1.165) is 13.1 Å². The van der Waals surface area contributed by atoms with E-state index in [1.54, 1.807) is 0 Å². The summed E-state index contributed by atoms with van der Waals surface area (Å²) in [6.07, 6.45) is 0. The predicted molar refractivity (Wildman–Crippen MR) is 70.9 cm³/mol. The van der Waals surface area contributed by atoms with Crippen LogP contribution in [-0.2, 0) is 0 Å². The van der Waals surface area contributed by atoms with Crippen LogP contribution >= 0.6 is 0 Å². The Kier molecular flexibility index (Phi) is 5.73. The molecule has 1 aliphatic heterocycles. The molecule has 0 aromatic heterocycles. The molecule has 1 N–H and O–H groups in total. The first-order chi connectivity index (χ1) is 7.57. The Labute approximate surface area is 101 Å². The fourth-order valence-corrected chi connectivity index (χ4v) is 2.39. The lowest BCUT2D eigenvalue weighted by atomic mass is 9.92. The zero-order chi connectivity index (χ0) is 12.0. The minimum Gasteiger partial charge on any atom is -0.316 e. The van der Waals surface area contributed by atoms with Crippen LogP contribution < -0.4 is 5.32 Å². The molecule has 3 heteroatoms. The third-order valence-electron chi connectivity index (χ3n) is 3.42. The maximum atomic E-state index is 3.46. The average molecular weight is 227 g/mol. The van der Waals surface area contributed by atoms with Crippen LogP contribution in [0.1, 0.15) is 27.7 Å². The Bertz CT molecular complexity index is 184. The molecular weight excluding hydrogens is 198 g/mol. The van der Waals surface area contributed by atoms with Crippen molar-refractivity contribution in [2.75, 3.05) is 52.4 Å². The van der Waals surface area contributed by atoms with E-state index in [9.17, 15) is 0 Å². The van der Waals surface area contributed by atoms with Crippen LogP contribution in [0.2, 0.25) is 0 Å². The van der Waals surface area contributed by atoms with E-state index in [1.807, 2.05) is 0 Å². The van der Waals surface area contributed by atoms with E-state index < -0.39 is 0 Å². The molecule has 1 aliphatic rings. The number of rotatable bonds is 6. The van der Waals surface area contributed by atoms with Crippen molar-refractivity contribution in [1.29, 1.82) is 0 Å². The van der Waals surface area contributed by atoms with Crippen molar-refractivity contribution in [2.45, 2.75) is 27.7 Å². The first-order valence-corrected chi connectivity index (χ1v) is 6.73. The minimum absolute atomic E-state index is 0.393. The van der Waals surface area contributed by atoms with Gasteiger partial charge in [0.25, 0.3) is 0 Å². The van der Waals surface area contributed by atoms with Gasteiger partial charge in [-0.05, 0) is 18.5 Å². The molecule has 0 atom stereocenters. The number of piperazine rings is 1. The van der Waals surface area contributed by atoms with Gasteiger partial charge in [0, 0.05) is 39.3 Å². The quantitative estimate of drug-likeness (QED) is 0.737. The summed E-state index contributed by atoms with van der Waals surface area (Å²) in [7, 11) is 0. The number of nitrogens with one attached hydrogen (secondary N) is 1. The first-order valence-electron chi connectivity index (χ1n) is 6.73. The van der Waals surface area contributed by atoms with Crippen molar-refractivity contribution >= 4 is 0 Å². The maximum Gasteiger partial charge on any atom is 0.0110 e. The van der Waals surface area contributed by atoms with Crippen molar-refractivity contribution in [2.24, 2.45) is 5.41 Å². The molecule has 0 aliphatic carbocycles. The Balaban J connectivity index is 2.26. The molecule has 1 heterocycles. The SMILES string of the molecule is CCNCC(C)(C)CN1CCN(CC)CC1. The fourth-order valence-electron chi connectivity index (χ4n) is 2.39. The number of likely N-dealkylation sites (N-methyl/N-ethyl adjacent to an activating group) is 1. The lowest BCUT2D eigenvalue weighted by molar-refractivity contribution is 0.0996. The summed E-state index contributed by atoms with van der Waals surface area (Å²) in [4.78, 5) is 5.15. The number of hydrogen-bond acceptors (Lipinski definition) is 3. The van der Waals surface area contributed by atoms with Gasteiger partial charge >= 0.3 is 0 Å². The van der Waals surface area contributed by atoms with Crippen molar-refractivity contribution in [3.8, 4) is 0 Å². The highest BCUT2D eigenvalue weighted by Gasteiger charge is 2.23. The van der Waals surface area contributed by atoms with E-state index in [-0.39, 0.29) is 0 Å². The third-order valence-corrected chi connectivity index (χ3v) is 3.42. The molecule has 0 unspecified atom stereocenters. The molecule has 1 saturated heterocycles. The van der Waals surface area contributed by atoms with Gasteiger partial charge in [-0.25, -0.2) is 0 Å². The smallest absolute Gasteiger partial charge is 0.0110 e. The summed E-state index contributed by atoms with van der Waals surface area (Å²) >= 11 is 0. The highest BCUT2D eigenvalue weighted by Crippen LogP contribution is 2.16. The van der Waals surface area contributed by atoms with Gasteiger partial charge in [-0.1, -0.05) is 27.7 Å². The normalized spacial score (nSPS) is 20.2. The summed E-state index contributed by atoms with van der Waals surface area (Å²) in [6.45, 7) is 18.7. The lowest BCUT2D eigenvalue weighted by Crippen LogP contribution is -2.50. The highest BCUT2D eigenvalue weighted by atomic mass is 15.3. The zero-order valence-electron chi connectivity index (χ0n) is 11.6. The van der Waals surface area contributed by atoms with Crippen LogP contribution in [-0.4, -0.2) is 62.2 Å². The van der Waals surface area contributed by atoms with Gasteiger partial charge in [-0.3, -0.25) is 0 Å². The van der Waals surface area contributed by atoms with Crippen molar-refractivity contribution in [3.05, 3.63) is 0 Å². The molecule has 3 nitrogen and oxygen atoms in total. The van der Waals surface area contributed by atoms with E-state index in [4.69, 9.17) is 0 Å². The summed E-state index contributed by atoms with van der Waals surface area (Å²) in [5.74, 6) is 0. The fraction of sp³-hybridized carbons (Fsp3) is 1.00. The second-order valence-electron chi connectivity index (χ2n) is 5.65. The second kappa shape index (κ2) is 6.58. The van der Waals surface area contributed by atoms with Gasteiger partial charge in [0.2, 0.25) is 0 Å². The van der Waals surface area contributed by atoms with Gasteiger partial charge in [0.15, 0.2) is 0 Å². The summed E-state index contributed by atoms with van der Waals surface area (Å²) in [5.41, 5.74) is 0.393. The molecular formula is C13H29N3. The molecule has 0 amide bonds. The predicted octanol–water partition coefficient (Wildman–Crippen LogP) is 1.26. The van der Waals surface area contributed by atoms with E-state index in [0.29, 0.717) is 5.41 Å². The van der Waals surface area contributed by atoms with Crippen molar-refractivity contribution in [3.63, 3.8) is 0 Å². The van der Waals surface area contributed by atoms with Crippen molar-refractivity contribution in [1.82, 2.24) is 15.1 Å². The molecule has 0 aromatic carbocycles. The summed E-state index contributed by atoms with van der Waals surface area (Å²) in [6, 6.07) is 0. The second-order valence-corrected chi connectivity index (χ2v) is 5.65. The molecule has 1 fully saturated rings. The van der Waals surface area contributed by atoms with Gasteiger partial charge in [0.05, 0.1) is 0 Å². The standard InChI is InChI=1S/C13H29N3/c1-5-14-11-13(3,4)12-16-9-7-15(6-2)8-10-16/h14H,5-12H2,1-4H3. The summed E-state index contributed by atoms with van der Waals surface area (Å²) < 4.78 is 0. The van der Waals surface area contributed by atoms with Crippen LogP contribution in [0.4, 0.5) is 0 Å². The largest absolute Gasteiger partial charge is 0.316 e. The van der Waals surface area contributed by atoms with Gasteiger partial charge in [-0.2, -0.15) is 0 Å². The molecule has 0 spiro atoms. The molecule has 0 saturated carbocycles. The Hall–Kier alpha value is -0.120. The van der Waals surface area contributed by atoms with Crippen LogP contribution in [0, 0.1) is 5.41 Å². The van der Waals surface area contributed by atoms with Gasteiger partial charge in [-0.15, -0.1) is 0 Å². The van der Waals surface area contributed by atoms with Crippen LogP contribution in [0.15, 0.2) is 0 Å². The van der Waals surface area contributed by atoms with Crippen molar-refractivity contribution < 1.29 is 0 Å².